The van der Waals surface area contributed by atoms with Crippen LogP contribution in [0.5, 0.6) is 0 Å². The van der Waals surface area contributed by atoms with Gasteiger partial charge in [0.2, 0.25) is 0 Å². The van der Waals surface area contributed by atoms with Crippen LogP contribution in [0.25, 0.3) is 0 Å². The zero-order valence-electron chi connectivity index (χ0n) is 10.3. The molecule has 1 rings (SSSR count). The van der Waals surface area contributed by atoms with Crippen molar-refractivity contribution >= 4 is 5.97 Å². The Morgan fingerprint density at radius 3 is 2.39 bits per heavy atom. The van der Waals surface area contributed by atoms with E-state index in [4.69, 9.17) is 14.2 Å². The number of methoxy groups -OCH3 is 1. The molecule has 1 aliphatic rings. The highest BCUT2D eigenvalue weighted by molar-refractivity contribution is 5.86. The zero-order chi connectivity index (χ0) is 13.9. The van der Waals surface area contributed by atoms with Gasteiger partial charge in [0.05, 0.1) is 0 Å². The number of rotatable bonds is 4. The van der Waals surface area contributed by atoms with E-state index in [1.165, 1.54) is 14.0 Å². The largest absolute Gasteiger partial charge is 0.459 e. The lowest BCUT2D eigenvalue weighted by Crippen LogP contribution is -2.59. The quantitative estimate of drug-likeness (QED) is 0.421. The third-order valence-corrected chi connectivity index (χ3v) is 2.63. The minimum atomic E-state index is -1.43. The molecule has 0 aromatic heterocycles. The third-order valence-electron chi connectivity index (χ3n) is 2.63. The number of hydrogen-bond donors (Lipinski definition) is 3. The van der Waals surface area contributed by atoms with Crippen LogP contribution in [0.1, 0.15) is 6.92 Å². The maximum absolute atomic E-state index is 11.2. The predicted octanol–water partition coefficient (Wildman–Crippen LogP) is -1.44. The Kier molecular flexibility index (Phi) is 5.24. The van der Waals surface area contributed by atoms with Crippen LogP contribution in [-0.4, -0.2) is 65.7 Å². The minimum Gasteiger partial charge on any atom is -0.459 e. The highest BCUT2D eigenvalue weighted by Gasteiger charge is 2.44. The summed E-state index contributed by atoms with van der Waals surface area (Å²) >= 11 is 0. The van der Waals surface area contributed by atoms with Gasteiger partial charge in [0, 0.05) is 12.7 Å². The summed E-state index contributed by atoms with van der Waals surface area (Å²) < 4.78 is 14.8. The summed E-state index contributed by atoms with van der Waals surface area (Å²) in [5, 5.41) is 28.8. The molecule has 3 N–H and O–H groups in total. The van der Waals surface area contributed by atoms with Crippen molar-refractivity contribution in [2.75, 3.05) is 13.7 Å². The van der Waals surface area contributed by atoms with Crippen molar-refractivity contribution in [1.29, 1.82) is 0 Å². The van der Waals surface area contributed by atoms with Crippen LogP contribution in [0.15, 0.2) is 12.2 Å². The number of carbonyl (C=O) groups is 1. The molecule has 0 spiro atoms. The molecule has 0 aliphatic carbocycles. The molecule has 0 bridgehead atoms. The molecular formula is C11H18O7. The van der Waals surface area contributed by atoms with Crippen LogP contribution in [0.4, 0.5) is 0 Å². The summed E-state index contributed by atoms with van der Waals surface area (Å²) in [6.45, 7) is 4.62. The summed E-state index contributed by atoms with van der Waals surface area (Å²) in [4.78, 5) is 11.2. The van der Waals surface area contributed by atoms with Gasteiger partial charge < -0.3 is 29.5 Å². The molecule has 5 atom stereocenters. The maximum Gasteiger partial charge on any atom is 0.333 e. The average Bonchev–Trinajstić information content (AvgIpc) is 2.34. The zero-order valence-corrected chi connectivity index (χ0v) is 10.3. The van der Waals surface area contributed by atoms with E-state index in [1.54, 1.807) is 0 Å². The van der Waals surface area contributed by atoms with E-state index in [0.29, 0.717) is 0 Å². The van der Waals surface area contributed by atoms with Crippen LogP contribution in [-0.2, 0) is 19.0 Å². The molecule has 7 heteroatoms. The topological polar surface area (TPSA) is 105 Å². The first kappa shape index (κ1) is 15.1. The average molecular weight is 262 g/mol. The molecule has 0 amide bonds. The SMILES string of the molecule is C=C(C)C(=O)OC[C@H]1O[C@H](OC)[C@@H](O)[C@@H](O)[C@@H]1O. The number of ether oxygens (including phenoxy) is 3. The van der Waals surface area contributed by atoms with Crippen LogP contribution >= 0.6 is 0 Å². The molecule has 1 fully saturated rings. The van der Waals surface area contributed by atoms with Crippen molar-refractivity contribution < 1.29 is 34.3 Å². The summed E-state index contributed by atoms with van der Waals surface area (Å²) in [7, 11) is 1.29. The monoisotopic (exact) mass is 262 g/mol. The van der Waals surface area contributed by atoms with E-state index >= 15 is 0 Å². The Morgan fingerprint density at radius 1 is 1.28 bits per heavy atom. The highest BCUT2D eigenvalue weighted by atomic mass is 16.7. The normalized spacial score (nSPS) is 36.2. The lowest BCUT2D eigenvalue weighted by atomic mass is 9.99. The fourth-order valence-corrected chi connectivity index (χ4v) is 1.53. The van der Waals surface area contributed by atoms with Gasteiger partial charge in [-0.15, -0.1) is 0 Å². The smallest absolute Gasteiger partial charge is 0.333 e. The summed E-state index contributed by atoms with van der Waals surface area (Å²) in [6, 6.07) is 0. The summed E-state index contributed by atoms with van der Waals surface area (Å²) in [5.41, 5.74) is 0.212. The molecule has 18 heavy (non-hydrogen) atoms. The van der Waals surface area contributed by atoms with E-state index in [-0.39, 0.29) is 12.2 Å². The predicted molar refractivity (Wildman–Crippen MR) is 59.5 cm³/mol. The van der Waals surface area contributed by atoms with Gasteiger partial charge >= 0.3 is 5.97 Å². The number of aliphatic hydroxyl groups is 3. The van der Waals surface area contributed by atoms with Gasteiger partial charge in [-0.2, -0.15) is 0 Å². The first-order chi connectivity index (χ1) is 8.38. The fourth-order valence-electron chi connectivity index (χ4n) is 1.53. The van der Waals surface area contributed by atoms with Crippen LogP contribution in [0.2, 0.25) is 0 Å². The number of hydrogen-bond acceptors (Lipinski definition) is 7. The number of carbonyl (C=O) groups excluding carboxylic acids is 1. The Labute approximate surface area is 105 Å². The van der Waals surface area contributed by atoms with Crippen molar-refractivity contribution in [3.05, 3.63) is 12.2 Å². The lowest BCUT2D eigenvalue weighted by Gasteiger charge is -2.39. The van der Waals surface area contributed by atoms with Gasteiger partial charge in [-0.1, -0.05) is 6.58 Å². The maximum atomic E-state index is 11.2. The second-order valence-corrected chi connectivity index (χ2v) is 4.13. The van der Waals surface area contributed by atoms with Crippen molar-refractivity contribution in [1.82, 2.24) is 0 Å². The first-order valence-electron chi connectivity index (χ1n) is 5.43. The molecule has 1 aliphatic heterocycles. The lowest BCUT2D eigenvalue weighted by molar-refractivity contribution is -0.295. The van der Waals surface area contributed by atoms with Gasteiger partial charge in [0.25, 0.3) is 0 Å². The third kappa shape index (κ3) is 3.27. The number of esters is 1. The molecule has 0 radical (unpaired) electrons. The Hall–Kier alpha value is -0.990. The van der Waals surface area contributed by atoms with Crippen LogP contribution in [0, 0.1) is 0 Å². The Morgan fingerprint density at radius 2 is 1.89 bits per heavy atom. The summed E-state index contributed by atoms with van der Waals surface area (Å²) in [5.74, 6) is -0.625. The van der Waals surface area contributed by atoms with E-state index in [2.05, 4.69) is 6.58 Å². The van der Waals surface area contributed by atoms with E-state index in [1.807, 2.05) is 0 Å². The van der Waals surface area contributed by atoms with Crippen molar-refractivity contribution in [2.45, 2.75) is 37.6 Å². The van der Waals surface area contributed by atoms with Gasteiger partial charge in [-0.3, -0.25) is 0 Å². The van der Waals surface area contributed by atoms with Gasteiger partial charge in [0.15, 0.2) is 6.29 Å². The van der Waals surface area contributed by atoms with Crippen LogP contribution in [0.3, 0.4) is 0 Å². The Balaban J connectivity index is 2.59. The Bertz CT molecular complexity index is 315. The molecule has 0 aromatic carbocycles. The van der Waals surface area contributed by atoms with Crippen molar-refractivity contribution in [3.8, 4) is 0 Å². The van der Waals surface area contributed by atoms with Gasteiger partial charge in [0.1, 0.15) is 31.0 Å². The molecule has 1 saturated heterocycles. The van der Waals surface area contributed by atoms with Crippen molar-refractivity contribution in [3.63, 3.8) is 0 Å². The van der Waals surface area contributed by atoms with E-state index in [9.17, 15) is 20.1 Å². The molecule has 104 valence electrons. The molecule has 1 heterocycles. The van der Waals surface area contributed by atoms with E-state index in [0.717, 1.165) is 0 Å². The molecular weight excluding hydrogens is 244 g/mol. The van der Waals surface area contributed by atoms with E-state index < -0.39 is 36.7 Å². The van der Waals surface area contributed by atoms with Crippen LogP contribution < -0.4 is 0 Å². The fraction of sp³-hybridized carbons (Fsp3) is 0.727. The van der Waals surface area contributed by atoms with Gasteiger partial charge in [-0.05, 0) is 6.92 Å². The molecule has 0 aromatic rings. The number of aliphatic hydroxyl groups excluding tert-OH is 3. The standard InChI is InChI=1S/C11H18O7/c1-5(2)10(15)17-4-6-7(12)8(13)9(14)11(16-3)18-6/h6-9,11-14H,1,4H2,2-3H3/t6-,7-,8+,9+,11+/m1/s1. The summed E-state index contributed by atoms with van der Waals surface area (Å²) in [6.07, 6.45) is -6.23. The first-order valence-corrected chi connectivity index (χ1v) is 5.43. The minimum absolute atomic E-state index is 0.212. The van der Waals surface area contributed by atoms with Crippen molar-refractivity contribution in [2.24, 2.45) is 0 Å². The second kappa shape index (κ2) is 6.26. The van der Waals surface area contributed by atoms with Gasteiger partial charge in [-0.25, -0.2) is 4.79 Å². The second-order valence-electron chi connectivity index (χ2n) is 4.13. The highest BCUT2D eigenvalue weighted by Crippen LogP contribution is 2.22. The molecule has 0 saturated carbocycles. The molecule has 0 unspecified atom stereocenters. The molecule has 7 nitrogen and oxygen atoms in total.